The summed E-state index contributed by atoms with van der Waals surface area (Å²) in [6.45, 7) is 15.6. The molecule has 0 N–H and O–H groups in total. The van der Waals surface area contributed by atoms with Crippen molar-refractivity contribution in [1.82, 2.24) is 0 Å². The van der Waals surface area contributed by atoms with Crippen LogP contribution in [0.1, 0.15) is 58.6 Å². The van der Waals surface area contributed by atoms with Gasteiger partial charge >= 0.3 is 0 Å². The molecular weight excluding hydrogens is 284 g/mol. The summed E-state index contributed by atoms with van der Waals surface area (Å²) in [6, 6.07) is 4.90. The molecule has 3 rings (SSSR count). The Bertz CT molecular complexity index is 863. The summed E-state index contributed by atoms with van der Waals surface area (Å²) in [5.74, 6) is 0. The monoisotopic (exact) mass is 310 g/mol. The van der Waals surface area contributed by atoms with Crippen LogP contribution in [0.25, 0.3) is 22.2 Å². The van der Waals surface area contributed by atoms with E-state index in [1.54, 1.807) is 5.56 Å². The fourth-order valence-electron chi connectivity index (χ4n) is 3.99. The average Bonchev–Trinajstić information content (AvgIpc) is 2.83. The molecule has 0 bridgehead atoms. The number of allylic oxidation sites excluding steroid dienone is 1. The van der Waals surface area contributed by atoms with Crippen LogP contribution in [0.3, 0.4) is 0 Å². The molecule has 1 aromatic heterocycles. The topological polar surface area (TPSA) is 0 Å². The molecule has 0 radical (unpaired) electrons. The van der Waals surface area contributed by atoms with Gasteiger partial charge in [0.05, 0.1) is 0 Å². The normalized spacial score (nSPS) is 24.4. The van der Waals surface area contributed by atoms with Crippen molar-refractivity contribution in [1.29, 1.82) is 0 Å². The zero-order valence-electron chi connectivity index (χ0n) is 14.4. The Morgan fingerprint density at radius 3 is 2.45 bits per heavy atom. The number of hydrogen-bond acceptors (Lipinski definition) is 1. The molecule has 0 aliphatic heterocycles. The molecule has 0 amide bonds. The molecule has 1 unspecified atom stereocenters. The van der Waals surface area contributed by atoms with Crippen LogP contribution in [0.4, 0.5) is 0 Å². The summed E-state index contributed by atoms with van der Waals surface area (Å²) >= 11 is 1.92. The standard InChI is InChI=1S/C21H26S/c1-7-10-14-15-12-16-17(21(6,9-3)20(16,4)5)13-19(15)22-18(14)11-8-2/h7,10-13H,1,8-9H2,2-6H3/b14-10-,18-11+. The summed E-state index contributed by atoms with van der Waals surface area (Å²) in [7, 11) is 0. The Hall–Kier alpha value is -1.34. The maximum absolute atomic E-state index is 3.90. The average molecular weight is 311 g/mol. The molecule has 1 atom stereocenters. The highest BCUT2D eigenvalue weighted by molar-refractivity contribution is 7.17. The second kappa shape index (κ2) is 5.09. The predicted molar refractivity (Wildman–Crippen MR) is 101 cm³/mol. The lowest BCUT2D eigenvalue weighted by Gasteiger charge is -2.56. The molecule has 1 heterocycles. The number of benzene rings is 1. The van der Waals surface area contributed by atoms with Crippen molar-refractivity contribution in [2.45, 2.75) is 58.3 Å². The first-order valence-electron chi connectivity index (χ1n) is 8.31. The minimum Gasteiger partial charge on any atom is -0.136 e. The van der Waals surface area contributed by atoms with Crippen molar-refractivity contribution in [3.8, 4) is 0 Å². The summed E-state index contributed by atoms with van der Waals surface area (Å²) in [6.07, 6.45) is 8.68. The molecule has 1 aliphatic rings. The van der Waals surface area contributed by atoms with E-state index >= 15 is 0 Å². The van der Waals surface area contributed by atoms with Crippen LogP contribution in [-0.2, 0) is 10.8 Å². The molecule has 22 heavy (non-hydrogen) atoms. The van der Waals surface area contributed by atoms with Gasteiger partial charge in [-0.2, -0.15) is 0 Å². The van der Waals surface area contributed by atoms with Gasteiger partial charge in [0, 0.05) is 20.0 Å². The highest BCUT2D eigenvalue weighted by Gasteiger charge is 2.53. The van der Waals surface area contributed by atoms with Crippen molar-refractivity contribution in [2.75, 3.05) is 0 Å². The van der Waals surface area contributed by atoms with E-state index in [-0.39, 0.29) is 5.41 Å². The molecule has 1 aromatic carbocycles. The fourth-order valence-corrected chi connectivity index (χ4v) is 5.22. The smallest absolute Gasteiger partial charge is 0.0358 e. The minimum absolute atomic E-state index is 0.257. The lowest BCUT2D eigenvalue weighted by molar-refractivity contribution is 0.210. The van der Waals surface area contributed by atoms with Crippen LogP contribution in [0.15, 0.2) is 24.8 Å². The Morgan fingerprint density at radius 2 is 1.86 bits per heavy atom. The van der Waals surface area contributed by atoms with E-state index < -0.39 is 0 Å². The molecule has 2 aromatic rings. The summed E-state index contributed by atoms with van der Waals surface area (Å²) in [5, 5.41) is 2.75. The number of hydrogen-bond donors (Lipinski definition) is 0. The lowest BCUT2D eigenvalue weighted by atomic mass is 9.48. The summed E-state index contributed by atoms with van der Waals surface area (Å²) < 4.78 is 2.81. The Morgan fingerprint density at radius 1 is 1.14 bits per heavy atom. The summed E-state index contributed by atoms with van der Waals surface area (Å²) in [4.78, 5) is 0. The largest absolute Gasteiger partial charge is 0.136 e. The van der Waals surface area contributed by atoms with E-state index in [1.165, 1.54) is 31.8 Å². The highest BCUT2D eigenvalue weighted by Crippen LogP contribution is 2.58. The maximum atomic E-state index is 3.90. The van der Waals surface area contributed by atoms with E-state index in [2.05, 4.69) is 65.5 Å². The Kier molecular flexibility index (Phi) is 3.60. The molecule has 1 heteroatoms. The van der Waals surface area contributed by atoms with Gasteiger partial charge in [0.1, 0.15) is 0 Å². The van der Waals surface area contributed by atoms with Gasteiger partial charge in [0.25, 0.3) is 0 Å². The molecule has 0 saturated carbocycles. The van der Waals surface area contributed by atoms with Crippen LogP contribution >= 0.6 is 11.3 Å². The summed E-state index contributed by atoms with van der Waals surface area (Å²) in [5.41, 5.74) is 3.65. The van der Waals surface area contributed by atoms with Crippen LogP contribution in [0, 0.1) is 0 Å². The fraction of sp³-hybridized carbons (Fsp3) is 0.429. The highest BCUT2D eigenvalue weighted by atomic mass is 32.1. The van der Waals surface area contributed by atoms with Gasteiger partial charge < -0.3 is 0 Å². The number of rotatable bonds is 3. The third-order valence-corrected chi connectivity index (χ3v) is 7.09. The first kappa shape index (κ1) is 15.6. The Labute approximate surface area is 137 Å². The van der Waals surface area contributed by atoms with Gasteiger partial charge in [-0.25, -0.2) is 0 Å². The minimum atomic E-state index is 0.257. The van der Waals surface area contributed by atoms with Crippen molar-refractivity contribution in [3.05, 3.63) is 45.7 Å². The molecule has 0 nitrogen and oxygen atoms in total. The second-order valence-electron chi connectivity index (χ2n) is 7.10. The SMILES string of the molecule is C=C/C=c1\c(=C/CC)sc2cc3c(cc12)C(C)(C)C3(C)CC. The van der Waals surface area contributed by atoms with Gasteiger partial charge in [-0.05, 0) is 46.7 Å². The van der Waals surface area contributed by atoms with Crippen molar-refractivity contribution in [2.24, 2.45) is 0 Å². The van der Waals surface area contributed by atoms with Crippen molar-refractivity contribution >= 4 is 33.6 Å². The molecule has 0 fully saturated rings. The van der Waals surface area contributed by atoms with Gasteiger partial charge in [0.15, 0.2) is 0 Å². The zero-order chi connectivity index (χ0) is 16.1. The molecular formula is C21H26S. The van der Waals surface area contributed by atoms with Crippen molar-refractivity contribution < 1.29 is 0 Å². The zero-order valence-corrected chi connectivity index (χ0v) is 15.2. The Balaban J connectivity index is 2.40. The van der Waals surface area contributed by atoms with Gasteiger partial charge in [-0.3, -0.25) is 0 Å². The van der Waals surface area contributed by atoms with Gasteiger partial charge in [-0.15, -0.1) is 11.3 Å². The third-order valence-electron chi connectivity index (χ3n) is 5.92. The third kappa shape index (κ3) is 1.81. The van der Waals surface area contributed by atoms with E-state index in [0.717, 1.165) is 6.42 Å². The molecule has 0 saturated heterocycles. The van der Waals surface area contributed by atoms with Crippen LogP contribution in [0.2, 0.25) is 0 Å². The predicted octanol–water partition coefficient (Wildman–Crippen LogP) is 5.02. The number of fused-ring (bicyclic) bond motifs is 2. The first-order chi connectivity index (χ1) is 10.4. The number of thiophene rings is 1. The van der Waals surface area contributed by atoms with Gasteiger partial charge in [-0.1, -0.05) is 59.4 Å². The van der Waals surface area contributed by atoms with Crippen LogP contribution in [-0.4, -0.2) is 0 Å². The van der Waals surface area contributed by atoms with E-state index in [4.69, 9.17) is 0 Å². The molecule has 0 spiro atoms. The second-order valence-corrected chi connectivity index (χ2v) is 8.18. The quantitative estimate of drug-likeness (QED) is 0.747. The molecule has 116 valence electrons. The van der Waals surface area contributed by atoms with E-state index in [0.29, 0.717) is 5.41 Å². The van der Waals surface area contributed by atoms with Crippen LogP contribution < -0.4 is 9.75 Å². The van der Waals surface area contributed by atoms with Crippen LogP contribution in [0.5, 0.6) is 0 Å². The molecule has 1 aliphatic carbocycles. The lowest BCUT2D eigenvalue weighted by Crippen LogP contribution is -2.52. The first-order valence-corrected chi connectivity index (χ1v) is 9.12. The van der Waals surface area contributed by atoms with Crippen molar-refractivity contribution in [3.63, 3.8) is 0 Å². The van der Waals surface area contributed by atoms with E-state index in [1.807, 2.05) is 17.4 Å². The van der Waals surface area contributed by atoms with Gasteiger partial charge in [0.2, 0.25) is 0 Å². The maximum Gasteiger partial charge on any atom is 0.0358 e. The van der Waals surface area contributed by atoms with E-state index in [9.17, 15) is 0 Å².